The monoisotopic (exact) mass is 225 g/mol. The highest BCUT2D eigenvalue weighted by Crippen LogP contribution is 2.21. The highest BCUT2D eigenvalue weighted by molar-refractivity contribution is 8.01. The van der Waals surface area contributed by atoms with Crippen LogP contribution >= 0.6 is 11.9 Å². The molecule has 3 nitrogen and oxygen atoms in total. The largest absolute Gasteiger partial charge is 0.374 e. The lowest BCUT2D eigenvalue weighted by Crippen LogP contribution is -2.22. The molecule has 1 rings (SSSR count). The summed E-state index contributed by atoms with van der Waals surface area (Å²) < 4.78 is 3.83. The van der Waals surface area contributed by atoms with Crippen molar-refractivity contribution in [3.8, 4) is 0 Å². The van der Waals surface area contributed by atoms with E-state index in [0.717, 1.165) is 31.8 Å². The summed E-state index contributed by atoms with van der Waals surface area (Å²) in [6, 6.07) is 0. The Balaban J connectivity index is 2.34. The maximum atomic E-state index is 4.51. The molecule has 0 aromatic heterocycles. The zero-order valence-corrected chi connectivity index (χ0v) is 10.1. The summed E-state index contributed by atoms with van der Waals surface area (Å²) in [4.78, 5) is 5.78. The number of hydrogen-bond acceptors (Lipinski definition) is 4. The molecule has 1 aliphatic rings. The predicted octanol–water partition coefficient (Wildman–Crippen LogP) is 2.80. The van der Waals surface area contributed by atoms with Gasteiger partial charge in [-0.25, -0.2) is 4.40 Å². The Morgan fingerprint density at radius 1 is 1.67 bits per heavy atom. The Kier molecular flexibility index (Phi) is 6.16. The Hall–Kier alpha value is -0.770. The van der Waals surface area contributed by atoms with Gasteiger partial charge in [-0.15, -0.1) is 0 Å². The summed E-state index contributed by atoms with van der Waals surface area (Å²) >= 11 is 1.46. The van der Waals surface area contributed by atoms with Gasteiger partial charge in [0.1, 0.15) is 0 Å². The van der Waals surface area contributed by atoms with E-state index in [1.165, 1.54) is 29.7 Å². The van der Waals surface area contributed by atoms with Gasteiger partial charge in [-0.1, -0.05) is 6.08 Å². The molecular formula is C11H19N3S. The van der Waals surface area contributed by atoms with E-state index in [9.17, 15) is 0 Å². The molecule has 0 aliphatic carbocycles. The lowest BCUT2D eigenvalue weighted by molar-refractivity contribution is 0.747. The van der Waals surface area contributed by atoms with Crippen molar-refractivity contribution in [2.45, 2.75) is 32.6 Å². The molecule has 0 atom stereocenters. The van der Waals surface area contributed by atoms with Crippen LogP contribution in [0.5, 0.6) is 0 Å². The van der Waals surface area contributed by atoms with Crippen molar-refractivity contribution in [2.75, 3.05) is 13.1 Å². The zero-order chi connectivity index (χ0) is 10.9. The van der Waals surface area contributed by atoms with Crippen LogP contribution in [0.3, 0.4) is 0 Å². The van der Waals surface area contributed by atoms with Gasteiger partial charge in [-0.05, 0) is 32.9 Å². The molecule has 0 spiro atoms. The van der Waals surface area contributed by atoms with Crippen LogP contribution in [0.4, 0.5) is 0 Å². The van der Waals surface area contributed by atoms with Gasteiger partial charge in [0.05, 0.1) is 5.84 Å². The number of aliphatic imine (C=N–C) groups is 1. The van der Waals surface area contributed by atoms with Gasteiger partial charge < -0.3 is 5.32 Å². The summed E-state index contributed by atoms with van der Waals surface area (Å²) in [6.07, 6.45) is 6.52. The Bertz CT molecular complexity index is 259. The van der Waals surface area contributed by atoms with E-state index in [1.54, 1.807) is 0 Å². The smallest absolute Gasteiger partial charge is 0.0966 e. The highest BCUT2D eigenvalue weighted by atomic mass is 32.2. The summed E-state index contributed by atoms with van der Waals surface area (Å²) in [7, 11) is 0. The van der Waals surface area contributed by atoms with Crippen molar-refractivity contribution in [3.05, 3.63) is 11.0 Å². The van der Waals surface area contributed by atoms with Gasteiger partial charge in [-0.2, -0.15) is 0 Å². The normalized spacial score (nSPS) is 17.7. The molecule has 0 fully saturated rings. The topological polar surface area (TPSA) is 36.8 Å². The number of nitrogens with one attached hydrogen (secondary N) is 1. The fourth-order valence-corrected chi connectivity index (χ4v) is 1.94. The number of amidine groups is 1. The lowest BCUT2D eigenvalue weighted by atomic mass is 10.2. The summed E-state index contributed by atoms with van der Waals surface area (Å²) in [5.74, 6) is 1.15. The van der Waals surface area contributed by atoms with E-state index in [4.69, 9.17) is 0 Å². The van der Waals surface area contributed by atoms with Crippen LogP contribution in [-0.2, 0) is 0 Å². The van der Waals surface area contributed by atoms with Crippen LogP contribution < -0.4 is 5.32 Å². The van der Waals surface area contributed by atoms with E-state index in [1.807, 2.05) is 6.92 Å². The second-order valence-electron chi connectivity index (χ2n) is 3.44. The minimum Gasteiger partial charge on any atom is -0.374 e. The van der Waals surface area contributed by atoms with Crippen molar-refractivity contribution in [2.24, 2.45) is 9.39 Å². The van der Waals surface area contributed by atoms with Crippen LogP contribution in [-0.4, -0.2) is 25.6 Å². The van der Waals surface area contributed by atoms with Crippen LogP contribution in [0.1, 0.15) is 32.6 Å². The summed E-state index contributed by atoms with van der Waals surface area (Å²) in [5.41, 5.74) is 0. The second kappa shape index (κ2) is 7.51. The van der Waals surface area contributed by atoms with Crippen molar-refractivity contribution < 1.29 is 0 Å². The van der Waals surface area contributed by atoms with E-state index < -0.39 is 0 Å². The van der Waals surface area contributed by atoms with Gasteiger partial charge in [-0.3, -0.25) is 4.99 Å². The molecule has 1 N–H and O–H groups in total. The van der Waals surface area contributed by atoms with Crippen molar-refractivity contribution in [1.82, 2.24) is 5.32 Å². The molecule has 0 radical (unpaired) electrons. The van der Waals surface area contributed by atoms with E-state index in [0.29, 0.717) is 0 Å². The average Bonchev–Trinajstić information content (AvgIpc) is 2.52. The highest BCUT2D eigenvalue weighted by Gasteiger charge is 2.04. The number of nitrogens with zero attached hydrogens (tertiary/aromatic N) is 2. The third kappa shape index (κ3) is 5.02. The van der Waals surface area contributed by atoms with E-state index in [-0.39, 0.29) is 0 Å². The molecule has 84 valence electrons. The number of hydrogen-bond donors (Lipinski definition) is 1. The molecule has 4 heteroatoms. The first kappa shape index (κ1) is 12.3. The Labute approximate surface area is 96.3 Å². The molecule has 0 bridgehead atoms. The van der Waals surface area contributed by atoms with Crippen LogP contribution in [0.25, 0.3) is 0 Å². The SMILES string of the molecule is C=NS/C(=C\C)CCC1=NCCCCN1. The van der Waals surface area contributed by atoms with Gasteiger partial charge >= 0.3 is 0 Å². The van der Waals surface area contributed by atoms with E-state index in [2.05, 4.69) is 27.5 Å². The number of rotatable bonds is 5. The van der Waals surface area contributed by atoms with Crippen LogP contribution in [0.15, 0.2) is 20.4 Å². The summed E-state index contributed by atoms with van der Waals surface area (Å²) in [6.45, 7) is 7.56. The first-order valence-electron chi connectivity index (χ1n) is 5.42. The fourth-order valence-electron chi connectivity index (χ4n) is 1.47. The van der Waals surface area contributed by atoms with Crippen LogP contribution in [0, 0.1) is 0 Å². The van der Waals surface area contributed by atoms with Gasteiger partial charge in [0.15, 0.2) is 0 Å². The zero-order valence-electron chi connectivity index (χ0n) is 9.33. The minimum absolute atomic E-state index is 0.973. The predicted molar refractivity (Wildman–Crippen MR) is 69.7 cm³/mol. The first-order valence-corrected chi connectivity index (χ1v) is 6.19. The molecule has 0 aromatic rings. The maximum absolute atomic E-state index is 4.51. The molecular weight excluding hydrogens is 206 g/mol. The third-order valence-electron chi connectivity index (χ3n) is 2.33. The fraction of sp³-hybridized carbons (Fsp3) is 0.636. The molecule has 0 saturated carbocycles. The van der Waals surface area contributed by atoms with E-state index >= 15 is 0 Å². The number of allylic oxidation sites excluding steroid dienone is 2. The van der Waals surface area contributed by atoms with Crippen molar-refractivity contribution >= 4 is 24.5 Å². The van der Waals surface area contributed by atoms with Gasteiger partial charge in [0.2, 0.25) is 0 Å². The standard InChI is InChI=1S/C11H19N3S/c1-3-10(15-12-2)6-7-11-13-8-4-5-9-14-11/h3H,2,4-9H2,1H3,(H,13,14)/b10-3-. The maximum Gasteiger partial charge on any atom is 0.0966 e. The second-order valence-corrected chi connectivity index (χ2v) is 4.40. The van der Waals surface area contributed by atoms with Crippen LogP contribution in [0.2, 0.25) is 0 Å². The third-order valence-corrected chi connectivity index (χ3v) is 3.13. The molecule has 0 saturated heterocycles. The molecule has 0 unspecified atom stereocenters. The molecule has 1 aliphatic heterocycles. The molecule has 1 heterocycles. The van der Waals surface area contributed by atoms with Crippen molar-refractivity contribution in [1.29, 1.82) is 0 Å². The van der Waals surface area contributed by atoms with Gasteiger partial charge in [0.25, 0.3) is 0 Å². The molecule has 0 amide bonds. The quantitative estimate of drug-likeness (QED) is 0.577. The summed E-state index contributed by atoms with van der Waals surface area (Å²) in [5, 5.41) is 3.37. The average molecular weight is 225 g/mol. The first-order chi connectivity index (χ1) is 7.36. The van der Waals surface area contributed by atoms with Crippen molar-refractivity contribution in [3.63, 3.8) is 0 Å². The Morgan fingerprint density at radius 2 is 2.53 bits per heavy atom. The molecule has 15 heavy (non-hydrogen) atoms. The Morgan fingerprint density at radius 3 is 3.27 bits per heavy atom. The molecule has 0 aromatic carbocycles. The minimum atomic E-state index is 0.973. The van der Waals surface area contributed by atoms with Gasteiger partial charge in [0, 0.05) is 36.4 Å². The lowest BCUT2D eigenvalue weighted by Gasteiger charge is -2.07.